The fraction of sp³-hybridized carbons (Fsp3) is 0. The van der Waals surface area contributed by atoms with E-state index >= 15 is 0 Å². The first kappa shape index (κ1) is 134. The second-order valence-corrected chi connectivity index (χ2v) is 406. The summed E-state index contributed by atoms with van der Waals surface area (Å²) in [5, 5.41) is 0. The Morgan fingerprint density at radius 2 is 0.0851 bits per heavy atom. The standard InChI is InChI=1S/H96P94/c1-49(2)73(50(3)4)85(74(51(5)6)52(7)8)91(86(75(53(9)10)54(11)12)76(55(13)14)56(15)16)94(92(87(77(57(17)18)58(19)20)78(59(21)22)60(23)24)88(79(61(25)26)62(27)28)80(63(29)30)64(31)32)93(89(81(65(33)34)66(35)36)82(67(37)38)68(39)40)90(83(69(41)42)70(43)44)84(71(45)46)72(47)48/h1-48H2. The maximum Gasteiger partial charge on any atom is -0.000000240 e. The van der Waals surface area contributed by atoms with Crippen LogP contribution in [0.2, 0.25) is 0 Å². The lowest BCUT2D eigenvalue weighted by Gasteiger charge is -2.64. The molecule has 0 aromatic rings. The molecule has 0 saturated heterocycles. The monoisotopic (exact) mass is 3010 g/mol. The molecular weight excluding hydrogens is 2910 g/mol. The minimum atomic E-state index is -0.605. The van der Waals surface area contributed by atoms with Gasteiger partial charge >= 0.3 is 0 Å². The van der Waals surface area contributed by atoms with E-state index in [-0.39, 0.29) is 0 Å². The third-order valence-electron chi connectivity index (χ3n) is 8.32. The summed E-state index contributed by atoms with van der Waals surface area (Å²) in [6.45, 7) is -19.7. The summed E-state index contributed by atoms with van der Waals surface area (Å²) in [4.78, 5) is 0. The summed E-state index contributed by atoms with van der Waals surface area (Å²) in [6, 6.07) is 0. The molecule has 0 bridgehead atoms. The highest BCUT2D eigenvalue weighted by atomic mass is 33.7. The Hall–Kier alpha value is 40.4. The number of rotatable bonds is 45. The van der Waals surface area contributed by atoms with E-state index in [1.807, 2.05) is 0 Å². The Morgan fingerprint density at radius 1 is 0.0532 bits per heavy atom. The first-order valence-electron chi connectivity index (χ1n) is 21.4. The van der Waals surface area contributed by atoms with Crippen LogP contribution >= 0.6 is 750 Å². The van der Waals surface area contributed by atoms with Gasteiger partial charge in [-0.1, -0.05) is 0 Å². The van der Waals surface area contributed by atoms with E-state index in [2.05, 4.69) is 429 Å². The molecule has 0 heterocycles. The largest absolute Gasteiger partial charge is 0.102 e. The average Bonchev–Trinajstić information content (AvgIpc) is 3.33. The third-order valence-corrected chi connectivity index (χ3v) is 674. The molecule has 0 fully saturated rings. The molecular formula is H96P94. The Kier molecular flexibility index (Phi) is 105. The molecule has 0 rings (SSSR count). The summed E-state index contributed by atoms with van der Waals surface area (Å²) in [7, 11) is 181. The highest BCUT2D eigenvalue weighted by molar-refractivity contribution is 9.60. The summed E-state index contributed by atoms with van der Waals surface area (Å²) < 4.78 is 0. The minimum absolute atomic E-state index is 0.390. The lowest BCUT2D eigenvalue weighted by atomic mass is 28.3. The summed E-state index contributed by atoms with van der Waals surface area (Å²) in [5.41, 5.74) is 0. The van der Waals surface area contributed by atoms with Crippen LogP contribution in [0.1, 0.15) is 0 Å². The Bertz CT molecular complexity index is 1350. The van der Waals surface area contributed by atoms with Gasteiger partial charge in [0.1, 0.15) is 0 Å². The molecule has 94 heavy (non-hydrogen) atoms. The van der Waals surface area contributed by atoms with E-state index in [9.17, 15) is 0 Å². The van der Waals surface area contributed by atoms with Crippen LogP contribution < -0.4 is 0 Å². The van der Waals surface area contributed by atoms with Crippen LogP contribution in [0.15, 0.2) is 0 Å². The van der Waals surface area contributed by atoms with Crippen molar-refractivity contribution < 1.29 is 0 Å². The second-order valence-electron chi connectivity index (χ2n) is 15.0. The minimum Gasteiger partial charge on any atom is -0.102 e. The first-order chi connectivity index (χ1) is 42.7. The van der Waals surface area contributed by atoms with E-state index < -0.39 is 321 Å². The zero-order valence-corrected chi connectivity index (χ0v) is 145. The zero-order chi connectivity index (χ0) is 74.6. The maximum absolute atomic E-state index is 3.77. The molecule has 48 unspecified atom stereocenters. The zero-order valence-electron chi connectivity index (χ0n) is 48.3. The third kappa shape index (κ3) is 47.1. The predicted octanol–water partition coefficient (Wildman–Crippen LogP) is 55.3. The number of hydrogen-bond acceptors (Lipinski definition) is 0. The van der Waals surface area contributed by atoms with Crippen molar-refractivity contribution in [1.82, 2.24) is 0 Å². The molecule has 0 amide bonds. The van der Waals surface area contributed by atoms with Crippen LogP contribution in [0, 0.1) is 0 Å². The van der Waals surface area contributed by atoms with Crippen molar-refractivity contribution in [2.75, 3.05) is 0 Å². The van der Waals surface area contributed by atoms with Crippen LogP contribution in [0.5, 0.6) is 0 Å². The molecule has 0 radical (unpaired) electrons. The summed E-state index contributed by atoms with van der Waals surface area (Å²) in [6.07, 6.45) is 0. The molecule has 0 aliphatic rings. The van der Waals surface area contributed by atoms with Gasteiger partial charge in [-0.05, 0) is 321 Å². The van der Waals surface area contributed by atoms with Gasteiger partial charge in [0.2, 0.25) is 0 Å². The van der Waals surface area contributed by atoms with Gasteiger partial charge in [0.25, 0.3) is 0 Å². The van der Waals surface area contributed by atoms with Crippen molar-refractivity contribution in [1.29, 1.82) is 0 Å². The first-order valence-corrected chi connectivity index (χ1v) is 193. The molecule has 0 saturated carbocycles. The molecule has 48 atom stereocenters. The highest BCUT2D eigenvalue weighted by Gasteiger charge is 2.67. The van der Waals surface area contributed by atoms with Gasteiger partial charge in [-0.2, -0.15) is 0 Å². The van der Waals surface area contributed by atoms with Crippen molar-refractivity contribution >= 4 is 750 Å². The lowest BCUT2D eigenvalue weighted by Crippen LogP contribution is -1.77. The van der Waals surface area contributed by atoms with Gasteiger partial charge in [0, 0.05) is 0 Å². The van der Waals surface area contributed by atoms with Crippen LogP contribution in [0.3, 0.4) is 0 Å². The fourth-order valence-electron chi connectivity index (χ4n) is 5.79. The topological polar surface area (TPSA) is 0 Å². The van der Waals surface area contributed by atoms with Crippen molar-refractivity contribution in [2.45, 2.75) is 0 Å². The summed E-state index contributed by atoms with van der Waals surface area (Å²) in [5.74, 6) is 0. The Balaban J connectivity index is 14.2. The molecule has 566 valence electrons. The van der Waals surface area contributed by atoms with E-state index in [1.54, 1.807) is 0 Å². The van der Waals surface area contributed by atoms with Gasteiger partial charge in [0.15, 0.2) is 0 Å². The van der Waals surface area contributed by atoms with Crippen LogP contribution in [-0.4, -0.2) is 0 Å². The van der Waals surface area contributed by atoms with Crippen molar-refractivity contribution in [2.24, 2.45) is 0 Å². The van der Waals surface area contributed by atoms with Gasteiger partial charge in [-0.25, -0.2) is 0 Å². The maximum atomic E-state index is 3.77. The molecule has 0 aliphatic carbocycles. The van der Waals surface area contributed by atoms with Crippen LogP contribution in [-0.2, 0) is 0 Å². The van der Waals surface area contributed by atoms with Crippen molar-refractivity contribution in [3.63, 3.8) is 0 Å². The van der Waals surface area contributed by atoms with Gasteiger partial charge in [0.05, 0.1) is 0 Å². The second kappa shape index (κ2) is 73.5. The van der Waals surface area contributed by atoms with Crippen LogP contribution in [0.4, 0.5) is 0 Å². The lowest BCUT2D eigenvalue weighted by molar-refractivity contribution is 4.29. The van der Waals surface area contributed by atoms with Gasteiger partial charge in [-0.3, -0.25) is 0 Å². The smallest absolute Gasteiger partial charge is 0.000000240 e. The van der Waals surface area contributed by atoms with Gasteiger partial charge < -0.3 is 0 Å². The quantitative estimate of drug-likeness (QED) is 0.0533. The molecule has 0 aromatic heterocycles. The van der Waals surface area contributed by atoms with E-state index in [0.29, 0.717) is 0 Å². The van der Waals surface area contributed by atoms with E-state index in [1.165, 1.54) is 0 Å². The molecule has 0 N–H and O–H groups in total. The molecule has 0 aromatic carbocycles. The SMILES string of the molecule is PP(P)P(P(P)P)P(P(P(P)P)P(P)P)P(P(P(P(P)P)P(P)P)P(P(P)P)P(P)P)P(P(P(P(P(P)P)P(P)P)P(P(P)P)P(P)P)P(P(P(P)P)P(P)P)P(P(P)P)P(P)P)P(P(P(P(P)P)P(P)P)P(P(P)P)P(P)P)P(P(P(P)P)P(P)P)P(P(P)P)P(P)P. The van der Waals surface area contributed by atoms with E-state index in [0.717, 1.165) is 0 Å². The Morgan fingerprint density at radius 3 is 0.117 bits per heavy atom. The molecule has 0 aliphatic heterocycles. The summed E-state index contributed by atoms with van der Waals surface area (Å²) >= 11 is 0. The van der Waals surface area contributed by atoms with Crippen molar-refractivity contribution in [3.05, 3.63) is 0 Å². The number of hydrogen-bond donors (Lipinski definition) is 0. The average molecular weight is 3010 g/mol. The fourth-order valence-corrected chi connectivity index (χ4v) is 1410. The normalized spacial score (nSPS) is 14.7. The molecule has 94 heteroatoms. The molecule has 0 nitrogen and oxygen atoms in total. The van der Waals surface area contributed by atoms with Crippen molar-refractivity contribution in [3.8, 4) is 0 Å². The van der Waals surface area contributed by atoms with Crippen LogP contribution in [0.25, 0.3) is 0 Å². The van der Waals surface area contributed by atoms with Gasteiger partial charge in [-0.15, -0.1) is 429 Å². The van der Waals surface area contributed by atoms with E-state index in [4.69, 9.17) is 0 Å². The predicted molar refractivity (Wildman–Crippen MR) is 784 cm³/mol. The molecule has 0 spiro atoms. The Labute approximate surface area is 737 Å². The highest BCUT2D eigenvalue weighted by Crippen LogP contribution is 3.54.